The maximum Gasteiger partial charge on any atom is 0.227 e. The van der Waals surface area contributed by atoms with Gasteiger partial charge >= 0.3 is 0 Å². The minimum atomic E-state index is 0.0940. The Hall–Kier alpha value is -1.58. The highest BCUT2D eigenvalue weighted by atomic mass is 16.2. The van der Waals surface area contributed by atoms with Crippen molar-refractivity contribution < 1.29 is 4.79 Å². The lowest BCUT2D eigenvalue weighted by Gasteiger charge is -2.19. The Morgan fingerprint density at radius 1 is 1.39 bits per heavy atom. The van der Waals surface area contributed by atoms with Crippen molar-refractivity contribution in [2.45, 2.75) is 40.0 Å². The van der Waals surface area contributed by atoms with Gasteiger partial charge in [0.25, 0.3) is 0 Å². The van der Waals surface area contributed by atoms with Gasteiger partial charge < -0.3 is 5.73 Å². The second-order valence-electron chi connectivity index (χ2n) is 5.82. The van der Waals surface area contributed by atoms with Crippen LogP contribution in [0.25, 0.3) is 0 Å². The molecule has 0 fully saturated rings. The molecule has 4 nitrogen and oxygen atoms in total. The van der Waals surface area contributed by atoms with Gasteiger partial charge in [0.2, 0.25) is 5.91 Å². The lowest BCUT2D eigenvalue weighted by molar-refractivity contribution is -0.118. The zero-order chi connectivity index (χ0) is 13.8. The van der Waals surface area contributed by atoms with Crippen LogP contribution in [-0.2, 0) is 4.79 Å². The summed E-state index contributed by atoms with van der Waals surface area (Å²) in [5.74, 6) is 0.737. The van der Waals surface area contributed by atoms with E-state index in [-0.39, 0.29) is 11.3 Å². The summed E-state index contributed by atoms with van der Waals surface area (Å²) in [6, 6.07) is 3.51. The molecule has 4 heteroatoms. The third kappa shape index (κ3) is 4.73. The number of rotatable bonds is 4. The summed E-state index contributed by atoms with van der Waals surface area (Å²) in [5, 5.41) is 0. The Bertz CT molecular complexity index is 392. The van der Waals surface area contributed by atoms with Crippen molar-refractivity contribution in [3.05, 3.63) is 18.3 Å². The Balaban J connectivity index is 2.49. The van der Waals surface area contributed by atoms with E-state index in [0.29, 0.717) is 17.9 Å². The van der Waals surface area contributed by atoms with Gasteiger partial charge in [-0.2, -0.15) is 0 Å². The first kappa shape index (κ1) is 14.5. The Labute approximate surface area is 109 Å². The summed E-state index contributed by atoms with van der Waals surface area (Å²) in [4.78, 5) is 17.7. The largest absolute Gasteiger partial charge is 0.397 e. The van der Waals surface area contributed by atoms with Gasteiger partial charge in [-0.3, -0.25) is 9.69 Å². The fourth-order valence-corrected chi connectivity index (χ4v) is 1.66. The Morgan fingerprint density at radius 3 is 2.56 bits per heavy atom. The number of nitrogen functional groups attached to an aromatic ring is 1. The zero-order valence-corrected chi connectivity index (χ0v) is 11.7. The van der Waals surface area contributed by atoms with Gasteiger partial charge in [0, 0.05) is 13.5 Å². The fourth-order valence-electron chi connectivity index (χ4n) is 1.66. The molecule has 1 aromatic heterocycles. The van der Waals surface area contributed by atoms with Gasteiger partial charge in [0.1, 0.15) is 5.82 Å². The second-order valence-corrected chi connectivity index (χ2v) is 5.82. The smallest absolute Gasteiger partial charge is 0.227 e. The molecule has 0 saturated carbocycles. The molecule has 0 saturated heterocycles. The quantitative estimate of drug-likeness (QED) is 0.892. The van der Waals surface area contributed by atoms with Crippen LogP contribution in [0.3, 0.4) is 0 Å². The molecule has 0 aliphatic rings. The number of nitrogens with two attached hydrogens (primary N) is 1. The number of hydrogen-bond acceptors (Lipinski definition) is 3. The third-order valence-corrected chi connectivity index (χ3v) is 2.81. The van der Waals surface area contributed by atoms with Crippen LogP contribution in [0.5, 0.6) is 0 Å². The van der Waals surface area contributed by atoms with E-state index < -0.39 is 0 Å². The summed E-state index contributed by atoms with van der Waals surface area (Å²) in [5.41, 5.74) is 6.45. The number of pyridine rings is 1. The topological polar surface area (TPSA) is 59.2 Å². The van der Waals surface area contributed by atoms with E-state index in [2.05, 4.69) is 25.8 Å². The molecule has 1 rings (SSSR count). The summed E-state index contributed by atoms with van der Waals surface area (Å²) >= 11 is 0. The molecule has 2 N–H and O–H groups in total. The summed E-state index contributed by atoms with van der Waals surface area (Å²) in [6.07, 6.45) is 4.07. The zero-order valence-electron chi connectivity index (χ0n) is 11.7. The van der Waals surface area contributed by atoms with Gasteiger partial charge in [-0.25, -0.2) is 4.98 Å². The normalized spacial score (nSPS) is 11.3. The molecule has 0 atom stereocenters. The number of carbonyl (C=O) groups is 1. The number of hydrogen-bond donors (Lipinski definition) is 1. The minimum absolute atomic E-state index is 0.0940. The molecule has 0 aliphatic carbocycles. The number of amides is 1. The number of carbonyl (C=O) groups excluding carboxylic acids is 1. The minimum Gasteiger partial charge on any atom is -0.397 e. The first-order chi connectivity index (χ1) is 8.29. The van der Waals surface area contributed by atoms with E-state index in [1.165, 1.54) is 0 Å². The first-order valence-corrected chi connectivity index (χ1v) is 6.28. The highest BCUT2D eigenvalue weighted by Gasteiger charge is 2.14. The summed E-state index contributed by atoms with van der Waals surface area (Å²) in [6.45, 7) is 6.55. The van der Waals surface area contributed by atoms with Crippen LogP contribution in [0.2, 0.25) is 0 Å². The second kappa shape index (κ2) is 5.85. The van der Waals surface area contributed by atoms with Crippen LogP contribution in [0.1, 0.15) is 40.0 Å². The summed E-state index contributed by atoms with van der Waals surface area (Å²) < 4.78 is 0. The van der Waals surface area contributed by atoms with Crippen molar-refractivity contribution in [3.8, 4) is 0 Å². The molecule has 0 radical (unpaired) electrons. The van der Waals surface area contributed by atoms with Crippen molar-refractivity contribution >= 4 is 17.4 Å². The summed E-state index contributed by atoms with van der Waals surface area (Å²) in [7, 11) is 1.75. The van der Waals surface area contributed by atoms with Crippen LogP contribution in [-0.4, -0.2) is 17.9 Å². The molecule has 1 aromatic rings. The van der Waals surface area contributed by atoms with Gasteiger partial charge in [-0.05, 0) is 30.4 Å². The molecule has 100 valence electrons. The first-order valence-electron chi connectivity index (χ1n) is 6.28. The standard InChI is InChI=1S/C14H23N3O/c1-14(2,3)9-5-6-13(18)17(4)12-8-7-11(15)10-16-12/h7-8,10H,5-6,9,15H2,1-4H3. The fraction of sp³-hybridized carbons (Fsp3) is 0.571. The van der Waals surface area contributed by atoms with E-state index >= 15 is 0 Å². The Kier molecular flexibility index (Phi) is 4.70. The molecule has 0 unspecified atom stereocenters. The molecular formula is C14H23N3O. The SMILES string of the molecule is CN(C(=O)CCCC(C)(C)C)c1ccc(N)cn1. The van der Waals surface area contributed by atoms with E-state index in [1.54, 1.807) is 30.3 Å². The van der Waals surface area contributed by atoms with Crippen molar-refractivity contribution in [1.82, 2.24) is 4.98 Å². The Morgan fingerprint density at radius 2 is 2.06 bits per heavy atom. The lowest BCUT2D eigenvalue weighted by Crippen LogP contribution is -2.27. The average Bonchev–Trinajstić information content (AvgIpc) is 2.27. The monoisotopic (exact) mass is 249 g/mol. The molecular weight excluding hydrogens is 226 g/mol. The number of aromatic nitrogens is 1. The van der Waals surface area contributed by atoms with Crippen molar-refractivity contribution in [2.24, 2.45) is 5.41 Å². The number of anilines is 2. The maximum atomic E-state index is 12.0. The van der Waals surface area contributed by atoms with E-state index in [4.69, 9.17) is 5.73 Å². The third-order valence-electron chi connectivity index (χ3n) is 2.81. The average molecular weight is 249 g/mol. The van der Waals surface area contributed by atoms with Crippen LogP contribution in [0.15, 0.2) is 18.3 Å². The maximum absolute atomic E-state index is 12.0. The molecule has 0 bridgehead atoms. The molecule has 1 amide bonds. The van der Waals surface area contributed by atoms with Gasteiger partial charge in [-0.1, -0.05) is 20.8 Å². The predicted molar refractivity (Wildman–Crippen MR) is 75.4 cm³/mol. The van der Waals surface area contributed by atoms with Crippen molar-refractivity contribution in [3.63, 3.8) is 0 Å². The van der Waals surface area contributed by atoms with E-state index in [9.17, 15) is 4.79 Å². The lowest BCUT2D eigenvalue weighted by atomic mass is 9.90. The van der Waals surface area contributed by atoms with Crippen LogP contribution in [0, 0.1) is 5.41 Å². The molecule has 1 heterocycles. The molecule has 0 aromatic carbocycles. The highest BCUT2D eigenvalue weighted by Crippen LogP contribution is 2.22. The van der Waals surface area contributed by atoms with Crippen LogP contribution < -0.4 is 10.6 Å². The van der Waals surface area contributed by atoms with Crippen LogP contribution >= 0.6 is 0 Å². The predicted octanol–water partition coefficient (Wildman–Crippen LogP) is 2.84. The van der Waals surface area contributed by atoms with E-state index in [1.807, 2.05) is 0 Å². The van der Waals surface area contributed by atoms with Gasteiger partial charge in [0.05, 0.1) is 11.9 Å². The highest BCUT2D eigenvalue weighted by molar-refractivity contribution is 5.91. The molecule has 0 spiro atoms. The molecule has 18 heavy (non-hydrogen) atoms. The molecule has 0 aliphatic heterocycles. The van der Waals surface area contributed by atoms with Crippen molar-refractivity contribution in [2.75, 3.05) is 17.7 Å². The number of nitrogens with zero attached hydrogens (tertiary/aromatic N) is 2. The van der Waals surface area contributed by atoms with Gasteiger partial charge in [-0.15, -0.1) is 0 Å². The van der Waals surface area contributed by atoms with Gasteiger partial charge in [0.15, 0.2) is 0 Å². The van der Waals surface area contributed by atoms with Crippen molar-refractivity contribution in [1.29, 1.82) is 0 Å². The van der Waals surface area contributed by atoms with Crippen LogP contribution in [0.4, 0.5) is 11.5 Å². The van der Waals surface area contributed by atoms with E-state index in [0.717, 1.165) is 12.8 Å².